The van der Waals surface area contributed by atoms with Crippen molar-refractivity contribution in [2.24, 2.45) is 0 Å². The number of benzene rings is 2. The first kappa shape index (κ1) is 15.7. The number of para-hydroxylation sites is 1. The minimum atomic E-state index is -0.791. The first-order valence-electron chi connectivity index (χ1n) is 7.59. The molecule has 0 unspecified atom stereocenters. The molecule has 3 rings (SSSR count). The number of nitrogens with zero attached hydrogens (tertiary/aromatic N) is 2. The molecule has 2 aromatic carbocycles. The Labute approximate surface area is 137 Å². The molecular weight excluding hydrogens is 308 g/mol. The van der Waals surface area contributed by atoms with Crippen molar-refractivity contribution in [2.75, 3.05) is 6.61 Å². The number of fused-ring (bicyclic) bond motifs is 1. The van der Waals surface area contributed by atoms with Gasteiger partial charge >= 0.3 is 11.8 Å². The van der Waals surface area contributed by atoms with Gasteiger partial charge in [0.05, 0.1) is 24.1 Å². The van der Waals surface area contributed by atoms with Gasteiger partial charge in [0.1, 0.15) is 0 Å². The molecule has 1 heterocycles. The van der Waals surface area contributed by atoms with E-state index in [1.165, 1.54) is 0 Å². The van der Waals surface area contributed by atoms with E-state index in [-0.39, 0.29) is 18.7 Å². The molecule has 0 bridgehead atoms. The Morgan fingerprint density at radius 1 is 1.00 bits per heavy atom. The van der Waals surface area contributed by atoms with Gasteiger partial charge in [0, 0.05) is 0 Å². The van der Waals surface area contributed by atoms with Gasteiger partial charge in [0.25, 0.3) is 5.56 Å². The Morgan fingerprint density at radius 2 is 1.67 bits per heavy atom. The molecule has 0 fully saturated rings. The smallest absolute Gasteiger partial charge is 0.422 e. The van der Waals surface area contributed by atoms with Gasteiger partial charge in [-0.25, -0.2) is 9.59 Å². The molecule has 0 N–H and O–H groups in total. The number of hydrogen-bond donors (Lipinski definition) is 0. The van der Waals surface area contributed by atoms with E-state index >= 15 is 0 Å². The van der Waals surface area contributed by atoms with Crippen LogP contribution in [0.15, 0.2) is 64.2 Å². The van der Waals surface area contributed by atoms with Crippen LogP contribution in [0, 0.1) is 0 Å². The Balaban J connectivity index is 2.28. The predicted molar refractivity (Wildman–Crippen MR) is 90.4 cm³/mol. The van der Waals surface area contributed by atoms with Crippen molar-refractivity contribution in [3.8, 4) is 0 Å². The summed E-state index contributed by atoms with van der Waals surface area (Å²) >= 11 is 0. The molecule has 6 heteroatoms. The normalized spacial score (nSPS) is 10.7. The lowest BCUT2D eigenvalue weighted by molar-refractivity contribution is 0.153. The van der Waals surface area contributed by atoms with Crippen LogP contribution in [0.2, 0.25) is 0 Å². The second-order valence-electron chi connectivity index (χ2n) is 5.21. The van der Waals surface area contributed by atoms with Crippen LogP contribution in [-0.4, -0.2) is 21.8 Å². The number of rotatable bonds is 3. The summed E-state index contributed by atoms with van der Waals surface area (Å²) in [5.74, 6) is 0. The molecule has 0 saturated carbocycles. The highest BCUT2D eigenvalue weighted by molar-refractivity contribution is 5.87. The zero-order valence-corrected chi connectivity index (χ0v) is 13.1. The van der Waals surface area contributed by atoms with Crippen molar-refractivity contribution in [1.82, 2.24) is 9.13 Å². The number of aromatic nitrogens is 2. The Kier molecular flexibility index (Phi) is 4.29. The third kappa shape index (κ3) is 2.74. The van der Waals surface area contributed by atoms with Crippen LogP contribution < -0.4 is 11.2 Å². The molecule has 3 aromatic rings. The number of hydrogen-bond acceptors (Lipinski definition) is 4. The van der Waals surface area contributed by atoms with E-state index in [1.54, 1.807) is 31.2 Å². The molecular formula is C18H16N2O4. The second-order valence-corrected chi connectivity index (χ2v) is 5.21. The first-order valence-corrected chi connectivity index (χ1v) is 7.59. The quantitative estimate of drug-likeness (QED) is 0.741. The molecule has 6 nitrogen and oxygen atoms in total. The van der Waals surface area contributed by atoms with Gasteiger partial charge in [-0.1, -0.05) is 42.5 Å². The second kappa shape index (κ2) is 6.54. The molecule has 1 aromatic heterocycles. The predicted octanol–water partition coefficient (Wildman–Crippen LogP) is 2.22. The highest BCUT2D eigenvalue weighted by Gasteiger charge is 2.18. The van der Waals surface area contributed by atoms with Crippen LogP contribution in [0.3, 0.4) is 0 Å². The number of carbonyl (C=O) groups excluding carboxylic acids is 1. The summed E-state index contributed by atoms with van der Waals surface area (Å²) in [5, 5.41) is 0.293. The van der Waals surface area contributed by atoms with Gasteiger partial charge in [-0.2, -0.15) is 4.57 Å². The molecule has 0 aliphatic rings. The number of ether oxygens (including phenoxy) is 1. The fraction of sp³-hybridized carbons (Fsp3) is 0.167. The summed E-state index contributed by atoms with van der Waals surface area (Å²) in [5.41, 5.74) is -0.0985. The Bertz CT molecular complexity index is 1000. The summed E-state index contributed by atoms with van der Waals surface area (Å²) in [6.07, 6.45) is -0.791. The largest absolute Gasteiger partial charge is 0.449 e. The zero-order valence-electron chi connectivity index (χ0n) is 13.1. The summed E-state index contributed by atoms with van der Waals surface area (Å²) in [6.45, 7) is 1.88. The lowest BCUT2D eigenvalue weighted by atomic mass is 10.2. The maximum absolute atomic E-state index is 12.7. The van der Waals surface area contributed by atoms with E-state index in [0.29, 0.717) is 5.39 Å². The lowest BCUT2D eigenvalue weighted by Crippen LogP contribution is -2.43. The van der Waals surface area contributed by atoms with Crippen LogP contribution in [0.5, 0.6) is 0 Å². The molecule has 0 spiro atoms. The van der Waals surface area contributed by atoms with Crippen LogP contribution >= 0.6 is 0 Å². The fourth-order valence-electron chi connectivity index (χ4n) is 2.58. The molecule has 0 aliphatic carbocycles. The minimum Gasteiger partial charge on any atom is -0.449 e. The highest BCUT2D eigenvalue weighted by Crippen LogP contribution is 2.09. The fourth-order valence-corrected chi connectivity index (χ4v) is 2.58. The summed E-state index contributed by atoms with van der Waals surface area (Å²) in [4.78, 5) is 37.7. The van der Waals surface area contributed by atoms with E-state index < -0.39 is 17.3 Å². The Morgan fingerprint density at radius 3 is 2.38 bits per heavy atom. The van der Waals surface area contributed by atoms with Gasteiger partial charge in [-0.05, 0) is 24.6 Å². The third-order valence-electron chi connectivity index (χ3n) is 3.68. The first-order chi connectivity index (χ1) is 11.6. The van der Waals surface area contributed by atoms with E-state index in [0.717, 1.165) is 14.7 Å². The van der Waals surface area contributed by atoms with Gasteiger partial charge < -0.3 is 4.74 Å². The molecule has 0 atom stereocenters. The third-order valence-corrected chi connectivity index (χ3v) is 3.68. The summed E-state index contributed by atoms with van der Waals surface area (Å²) < 4.78 is 6.93. The zero-order chi connectivity index (χ0) is 17.1. The van der Waals surface area contributed by atoms with Crippen molar-refractivity contribution in [3.05, 3.63) is 81.0 Å². The highest BCUT2D eigenvalue weighted by atomic mass is 16.5. The topological polar surface area (TPSA) is 70.3 Å². The molecule has 0 radical (unpaired) electrons. The van der Waals surface area contributed by atoms with Gasteiger partial charge in [0.2, 0.25) is 0 Å². The van der Waals surface area contributed by atoms with Crippen molar-refractivity contribution >= 4 is 17.0 Å². The SMILES string of the molecule is CCOC(=O)n1c(=O)n(Cc2ccccc2)c(=O)c2ccccc21. The van der Waals surface area contributed by atoms with Crippen molar-refractivity contribution < 1.29 is 9.53 Å². The molecule has 0 saturated heterocycles. The molecule has 122 valence electrons. The summed E-state index contributed by atoms with van der Waals surface area (Å²) in [6, 6.07) is 15.6. The van der Waals surface area contributed by atoms with Crippen molar-refractivity contribution in [2.45, 2.75) is 13.5 Å². The summed E-state index contributed by atoms with van der Waals surface area (Å²) in [7, 11) is 0. The van der Waals surface area contributed by atoms with Crippen molar-refractivity contribution in [3.63, 3.8) is 0 Å². The molecule has 0 amide bonds. The van der Waals surface area contributed by atoms with Crippen LogP contribution in [0.1, 0.15) is 12.5 Å². The standard InChI is InChI=1S/C18H16N2O4/c1-2-24-18(23)20-15-11-7-6-10-14(15)16(21)19(17(20)22)12-13-8-4-3-5-9-13/h3-11H,2,12H2,1H3. The Hall–Kier alpha value is -3.15. The molecule has 0 aliphatic heterocycles. The van der Waals surface area contributed by atoms with Crippen molar-refractivity contribution in [1.29, 1.82) is 0 Å². The van der Waals surface area contributed by atoms with Gasteiger partial charge in [-0.15, -0.1) is 0 Å². The lowest BCUT2D eigenvalue weighted by Gasteiger charge is -2.12. The maximum Gasteiger partial charge on any atom is 0.422 e. The minimum absolute atomic E-state index is 0.0861. The maximum atomic E-state index is 12.7. The van der Waals surface area contributed by atoms with Gasteiger partial charge in [0.15, 0.2) is 0 Å². The van der Waals surface area contributed by atoms with E-state index in [9.17, 15) is 14.4 Å². The average molecular weight is 324 g/mol. The average Bonchev–Trinajstić information content (AvgIpc) is 2.60. The monoisotopic (exact) mass is 324 g/mol. The van der Waals surface area contributed by atoms with E-state index in [4.69, 9.17) is 4.74 Å². The number of carbonyl (C=O) groups is 1. The van der Waals surface area contributed by atoms with Crippen LogP contribution in [-0.2, 0) is 11.3 Å². The van der Waals surface area contributed by atoms with Gasteiger partial charge in [-0.3, -0.25) is 9.36 Å². The van der Waals surface area contributed by atoms with Crippen LogP contribution in [0.4, 0.5) is 4.79 Å². The molecule has 24 heavy (non-hydrogen) atoms. The van der Waals surface area contributed by atoms with E-state index in [2.05, 4.69) is 0 Å². The van der Waals surface area contributed by atoms with Crippen LogP contribution in [0.25, 0.3) is 10.9 Å². The van der Waals surface area contributed by atoms with E-state index in [1.807, 2.05) is 30.3 Å².